The lowest BCUT2D eigenvalue weighted by molar-refractivity contribution is -0.120. The summed E-state index contributed by atoms with van der Waals surface area (Å²) in [5.41, 5.74) is 2.11. The highest BCUT2D eigenvalue weighted by molar-refractivity contribution is 7.09. The second kappa shape index (κ2) is 6.95. The number of likely N-dealkylation sites (N-methyl/N-ethyl adjacent to an activating group) is 1. The van der Waals surface area contributed by atoms with Gasteiger partial charge in [-0.15, -0.1) is 11.3 Å². The number of thiophene rings is 1. The molecular formula is C15H18N2OS. The Labute approximate surface area is 117 Å². The van der Waals surface area contributed by atoms with E-state index >= 15 is 0 Å². The summed E-state index contributed by atoms with van der Waals surface area (Å²) in [4.78, 5) is 12.8. The van der Waals surface area contributed by atoms with Gasteiger partial charge in [0, 0.05) is 23.7 Å². The molecule has 3 nitrogen and oxygen atoms in total. The standard InChI is InChI=1S/C15H18N2OS/c1-2-16-15(18)10-12-5-7-13(8-6-12)17-11-14-4-3-9-19-14/h3-9,17H,2,10-11H2,1H3,(H,16,18). The fourth-order valence-corrected chi connectivity index (χ4v) is 2.43. The zero-order valence-corrected chi connectivity index (χ0v) is 11.8. The summed E-state index contributed by atoms with van der Waals surface area (Å²) in [5.74, 6) is 0.0711. The van der Waals surface area contributed by atoms with Crippen LogP contribution in [0.15, 0.2) is 41.8 Å². The lowest BCUT2D eigenvalue weighted by atomic mass is 10.1. The summed E-state index contributed by atoms with van der Waals surface area (Å²) in [6.45, 7) is 3.45. The number of amides is 1. The molecule has 0 fully saturated rings. The van der Waals surface area contributed by atoms with E-state index in [-0.39, 0.29) is 5.91 Å². The van der Waals surface area contributed by atoms with Crippen molar-refractivity contribution in [2.45, 2.75) is 19.9 Å². The van der Waals surface area contributed by atoms with Gasteiger partial charge in [0.1, 0.15) is 0 Å². The van der Waals surface area contributed by atoms with Crippen molar-refractivity contribution < 1.29 is 4.79 Å². The topological polar surface area (TPSA) is 41.1 Å². The van der Waals surface area contributed by atoms with Crippen LogP contribution in [0.4, 0.5) is 5.69 Å². The third-order valence-electron chi connectivity index (χ3n) is 2.74. The fraction of sp³-hybridized carbons (Fsp3) is 0.267. The first kappa shape index (κ1) is 13.6. The maximum absolute atomic E-state index is 11.5. The van der Waals surface area contributed by atoms with Crippen molar-refractivity contribution in [2.75, 3.05) is 11.9 Å². The lowest BCUT2D eigenvalue weighted by Crippen LogP contribution is -2.24. The van der Waals surface area contributed by atoms with Crippen LogP contribution in [0.25, 0.3) is 0 Å². The molecule has 0 aliphatic carbocycles. The summed E-state index contributed by atoms with van der Waals surface area (Å²) in [7, 11) is 0. The van der Waals surface area contributed by atoms with Gasteiger partial charge in [-0.3, -0.25) is 4.79 Å². The number of carbonyl (C=O) groups is 1. The Hall–Kier alpha value is -1.81. The van der Waals surface area contributed by atoms with Crippen LogP contribution in [0.5, 0.6) is 0 Å². The van der Waals surface area contributed by atoms with Crippen LogP contribution in [-0.4, -0.2) is 12.5 Å². The molecule has 0 saturated carbocycles. The van der Waals surface area contributed by atoms with Gasteiger partial charge >= 0.3 is 0 Å². The van der Waals surface area contributed by atoms with Crippen LogP contribution in [0.2, 0.25) is 0 Å². The molecule has 2 N–H and O–H groups in total. The highest BCUT2D eigenvalue weighted by Gasteiger charge is 2.02. The molecule has 100 valence electrons. The molecule has 2 rings (SSSR count). The fourth-order valence-electron chi connectivity index (χ4n) is 1.79. The molecule has 0 aliphatic rings. The molecule has 19 heavy (non-hydrogen) atoms. The summed E-state index contributed by atoms with van der Waals surface area (Å²) < 4.78 is 0. The van der Waals surface area contributed by atoms with Gasteiger partial charge in [0.05, 0.1) is 6.42 Å². The highest BCUT2D eigenvalue weighted by atomic mass is 32.1. The molecule has 0 radical (unpaired) electrons. The summed E-state index contributed by atoms with van der Waals surface area (Å²) in [6.07, 6.45) is 0.443. The third kappa shape index (κ3) is 4.41. The van der Waals surface area contributed by atoms with E-state index in [2.05, 4.69) is 28.1 Å². The smallest absolute Gasteiger partial charge is 0.224 e. The Bertz CT molecular complexity index is 505. The van der Waals surface area contributed by atoms with Crippen LogP contribution in [0, 0.1) is 0 Å². The van der Waals surface area contributed by atoms with Gasteiger partial charge in [0.25, 0.3) is 0 Å². The summed E-state index contributed by atoms with van der Waals surface area (Å²) in [6, 6.07) is 12.2. The molecule has 2 aromatic rings. The molecular weight excluding hydrogens is 256 g/mol. The van der Waals surface area contributed by atoms with E-state index in [0.29, 0.717) is 13.0 Å². The number of nitrogens with one attached hydrogen (secondary N) is 2. The Morgan fingerprint density at radius 3 is 2.63 bits per heavy atom. The van der Waals surface area contributed by atoms with Crippen LogP contribution >= 0.6 is 11.3 Å². The highest BCUT2D eigenvalue weighted by Crippen LogP contribution is 2.14. The molecule has 0 saturated heterocycles. The minimum atomic E-state index is 0.0711. The molecule has 0 spiro atoms. The summed E-state index contributed by atoms with van der Waals surface area (Å²) in [5, 5.41) is 8.24. The molecule has 1 aromatic heterocycles. The Kier molecular flexibility index (Phi) is 4.98. The molecule has 0 atom stereocenters. The first-order valence-electron chi connectivity index (χ1n) is 6.40. The molecule has 4 heteroatoms. The van der Waals surface area contributed by atoms with E-state index in [1.165, 1.54) is 4.88 Å². The molecule has 0 bridgehead atoms. The van der Waals surface area contributed by atoms with Crippen molar-refractivity contribution in [3.05, 3.63) is 52.2 Å². The number of hydrogen-bond donors (Lipinski definition) is 2. The number of carbonyl (C=O) groups excluding carboxylic acids is 1. The third-order valence-corrected chi connectivity index (χ3v) is 3.62. The first-order valence-corrected chi connectivity index (χ1v) is 7.28. The molecule has 0 unspecified atom stereocenters. The maximum Gasteiger partial charge on any atom is 0.224 e. The van der Waals surface area contributed by atoms with Crippen molar-refractivity contribution >= 4 is 22.9 Å². The minimum absolute atomic E-state index is 0.0711. The second-order valence-electron chi connectivity index (χ2n) is 4.26. The number of hydrogen-bond acceptors (Lipinski definition) is 3. The average Bonchev–Trinajstić information content (AvgIpc) is 2.91. The van der Waals surface area contributed by atoms with Gasteiger partial charge in [0.2, 0.25) is 5.91 Å². The average molecular weight is 274 g/mol. The number of benzene rings is 1. The quantitative estimate of drug-likeness (QED) is 0.850. The lowest BCUT2D eigenvalue weighted by Gasteiger charge is -2.06. The second-order valence-corrected chi connectivity index (χ2v) is 5.29. The Morgan fingerprint density at radius 1 is 1.21 bits per heavy atom. The zero-order valence-electron chi connectivity index (χ0n) is 11.0. The van der Waals surface area contributed by atoms with E-state index in [0.717, 1.165) is 17.8 Å². The SMILES string of the molecule is CCNC(=O)Cc1ccc(NCc2cccs2)cc1. The van der Waals surface area contributed by atoms with E-state index < -0.39 is 0 Å². The maximum atomic E-state index is 11.5. The van der Waals surface area contributed by atoms with Crippen molar-refractivity contribution in [3.63, 3.8) is 0 Å². The van der Waals surface area contributed by atoms with E-state index in [1.807, 2.05) is 31.2 Å². The largest absolute Gasteiger partial charge is 0.380 e. The normalized spacial score (nSPS) is 10.2. The van der Waals surface area contributed by atoms with Crippen molar-refractivity contribution in [1.82, 2.24) is 5.32 Å². The van der Waals surface area contributed by atoms with Gasteiger partial charge in [-0.25, -0.2) is 0 Å². The Morgan fingerprint density at radius 2 is 2.00 bits per heavy atom. The van der Waals surface area contributed by atoms with Crippen LogP contribution in [0.3, 0.4) is 0 Å². The summed E-state index contributed by atoms with van der Waals surface area (Å²) >= 11 is 1.74. The van der Waals surface area contributed by atoms with Crippen molar-refractivity contribution in [3.8, 4) is 0 Å². The zero-order chi connectivity index (χ0) is 13.5. The van der Waals surface area contributed by atoms with Crippen LogP contribution in [-0.2, 0) is 17.8 Å². The van der Waals surface area contributed by atoms with Crippen LogP contribution < -0.4 is 10.6 Å². The molecule has 1 heterocycles. The molecule has 0 aliphatic heterocycles. The van der Waals surface area contributed by atoms with E-state index in [1.54, 1.807) is 11.3 Å². The van der Waals surface area contributed by atoms with Crippen molar-refractivity contribution in [1.29, 1.82) is 0 Å². The van der Waals surface area contributed by atoms with Crippen molar-refractivity contribution in [2.24, 2.45) is 0 Å². The predicted molar refractivity (Wildman–Crippen MR) is 80.5 cm³/mol. The van der Waals surface area contributed by atoms with E-state index in [4.69, 9.17) is 0 Å². The van der Waals surface area contributed by atoms with Gasteiger partial charge in [-0.05, 0) is 36.1 Å². The van der Waals surface area contributed by atoms with Gasteiger partial charge in [-0.1, -0.05) is 18.2 Å². The molecule has 1 amide bonds. The number of anilines is 1. The van der Waals surface area contributed by atoms with Gasteiger partial charge in [0.15, 0.2) is 0 Å². The van der Waals surface area contributed by atoms with Crippen LogP contribution in [0.1, 0.15) is 17.4 Å². The van der Waals surface area contributed by atoms with E-state index in [9.17, 15) is 4.79 Å². The monoisotopic (exact) mass is 274 g/mol. The Balaban J connectivity index is 1.85. The molecule has 1 aromatic carbocycles. The number of rotatable bonds is 6. The first-order chi connectivity index (χ1) is 9.28. The van der Waals surface area contributed by atoms with Gasteiger partial charge in [-0.2, -0.15) is 0 Å². The predicted octanol–water partition coefficient (Wildman–Crippen LogP) is 3.04. The van der Waals surface area contributed by atoms with Gasteiger partial charge < -0.3 is 10.6 Å². The minimum Gasteiger partial charge on any atom is -0.380 e.